The summed E-state index contributed by atoms with van der Waals surface area (Å²) in [5.74, 6) is 0.00232. The van der Waals surface area contributed by atoms with Crippen LogP contribution in [0.3, 0.4) is 0 Å². The summed E-state index contributed by atoms with van der Waals surface area (Å²) in [6.45, 7) is 6.68. The smallest absolute Gasteiger partial charge is 0.251 e. The van der Waals surface area contributed by atoms with Gasteiger partial charge < -0.3 is 15.8 Å². The first-order chi connectivity index (χ1) is 16.1. The predicted octanol–water partition coefficient (Wildman–Crippen LogP) is 4.31. The summed E-state index contributed by atoms with van der Waals surface area (Å²) in [6.07, 6.45) is 0.904. The molecule has 0 aliphatic carbocycles. The molecule has 7 nitrogen and oxygen atoms in total. The molecule has 0 fully saturated rings. The van der Waals surface area contributed by atoms with E-state index in [1.807, 2.05) is 51.1 Å². The molecule has 0 saturated carbocycles. The predicted molar refractivity (Wildman–Crippen MR) is 135 cm³/mol. The number of hydrogen-bond donors (Lipinski definition) is 2. The molecule has 2 unspecified atom stereocenters. The molecule has 1 heterocycles. The van der Waals surface area contributed by atoms with Gasteiger partial charge in [0.2, 0.25) is 5.91 Å². The number of carbonyl (C=O) groups excluding carboxylic acids is 2. The molecule has 0 aromatic heterocycles. The number of guanidine groups is 1. The summed E-state index contributed by atoms with van der Waals surface area (Å²) in [5, 5.41) is 3.48. The fourth-order valence-corrected chi connectivity index (χ4v) is 4.19. The fraction of sp³-hybridized carbons (Fsp3) is 0.423. The number of rotatable bonds is 9. The zero-order valence-electron chi connectivity index (χ0n) is 20.2. The van der Waals surface area contributed by atoms with Gasteiger partial charge in [0, 0.05) is 24.3 Å². The van der Waals surface area contributed by atoms with Gasteiger partial charge in [-0.05, 0) is 48.6 Å². The molecule has 0 radical (unpaired) electrons. The summed E-state index contributed by atoms with van der Waals surface area (Å²) < 4.78 is 5.22. The molecular weight excluding hydrogens is 452 g/mol. The highest BCUT2D eigenvalue weighted by atomic mass is 35.5. The van der Waals surface area contributed by atoms with Crippen molar-refractivity contribution in [2.24, 2.45) is 16.6 Å². The molecular formula is C26H33ClN4O3. The van der Waals surface area contributed by atoms with E-state index >= 15 is 0 Å². The van der Waals surface area contributed by atoms with Crippen LogP contribution in [-0.4, -0.2) is 41.9 Å². The lowest BCUT2D eigenvalue weighted by molar-refractivity contribution is -0.130. The average molecular weight is 485 g/mol. The van der Waals surface area contributed by atoms with Crippen molar-refractivity contribution in [3.63, 3.8) is 0 Å². The molecule has 0 saturated heterocycles. The van der Waals surface area contributed by atoms with Crippen LogP contribution in [0.25, 0.3) is 0 Å². The third kappa shape index (κ3) is 6.15. The van der Waals surface area contributed by atoms with Gasteiger partial charge in [-0.1, -0.05) is 55.8 Å². The van der Waals surface area contributed by atoms with Crippen molar-refractivity contribution in [2.75, 3.05) is 13.7 Å². The van der Waals surface area contributed by atoms with E-state index in [0.29, 0.717) is 29.2 Å². The molecule has 0 bridgehead atoms. The Kier molecular flexibility index (Phi) is 8.33. The normalized spacial score (nSPS) is 19.2. The topological polar surface area (TPSA) is 97.0 Å². The van der Waals surface area contributed by atoms with E-state index in [2.05, 4.69) is 10.3 Å². The molecule has 182 valence electrons. The van der Waals surface area contributed by atoms with Crippen LogP contribution in [-0.2, 0) is 16.1 Å². The second kappa shape index (κ2) is 11.0. The van der Waals surface area contributed by atoms with Gasteiger partial charge in [-0.25, -0.2) is 4.99 Å². The Morgan fingerprint density at radius 2 is 1.97 bits per heavy atom. The van der Waals surface area contributed by atoms with E-state index in [1.165, 1.54) is 4.90 Å². The van der Waals surface area contributed by atoms with Crippen LogP contribution in [0.4, 0.5) is 0 Å². The number of ether oxygens (including phenoxy) is 1. The lowest BCUT2D eigenvalue weighted by Gasteiger charge is -2.37. The first-order valence-corrected chi connectivity index (χ1v) is 11.8. The molecule has 1 aliphatic heterocycles. The van der Waals surface area contributed by atoms with Crippen LogP contribution in [0.1, 0.15) is 61.1 Å². The van der Waals surface area contributed by atoms with E-state index in [1.54, 1.807) is 25.3 Å². The Balaban J connectivity index is 1.80. The molecule has 2 amide bonds. The minimum absolute atomic E-state index is 0.0987. The Morgan fingerprint density at radius 1 is 1.26 bits per heavy atom. The quantitative estimate of drug-likeness (QED) is 0.554. The van der Waals surface area contributed by atoms with E-state index < -0.39 is 5.54 Å². The van der Waals surface area contributed by atoms with Crippen molar-refractivity contribution in [3.8, 4) is 0 Å². The van der Waals surface area contributed by atoms with Gasteiger partial charge in [0.05, 0.1) is 24.5 Å². The lowest BCUT2D eigenvalue weighted by atomic mass is 9.84. The molecule has 2 aromatic carbocycles. The van der Waals surface area contributed by atoms with E-state index in [9.17, 15) is 9.59 Å². The van der Waals surface area contributed by atoms with Gasteiger partial charge in [-0.3, -0.25) is 14.5 Å². The Hall–Kier alpha value is -2.90. The minimum atomic E-state index is -0.522. The maximum atomic E-state index is 13.1. The van der Waals surface area contributed by atoms with Crippen LogP contribution < -0.4 is 11.1 Å². The molecule has 8 heteroatoms. The van der Waals surface area contributed by atoms with Gasteiger partial charge in [0.25, 0.3) is 5.91 Å². The molecule has 2 atom stereocenters. The fourth-order valence-electron chi connectivity index (χ4n) is 3.93. The van der Waals surface area contributed by atoms with Crippen molar-refractivity contribution < 1.29 is 14.3 Å². The van der Waals surface area contributed by atoms with Gasteiger partial charge in [0.15, 0.2) is 5.96 Å². The lowest BCUT2D eigenvalue weighted by Crippen LogP contribution is -2.51. The number of nitrogens with zero attached hydrogens (tertiary/aromatic N) is 2. The Morgan fingerprint density at radius 3 is 2.59 bits per heavy atom. The number of methoxy groups -OCH3 is 1. The van der Waals surface area contributed by atoms with Crippen molar-refractivity contribution in [1.82, 2.24) is 10.2 Å². The van der Waals surface area contributed by atoms with Gasteiger partial charge in [-0.2, -0.15) is 0 Å². The number of hydrogen-bond acceptors (Lipinski definition) is 5. The van der Waals surface area contributed by atoms with Gasteiger partial charge in [-0.15, -0.1) is 0 Å². The summed E-state index contributed by atoms with van der Waals surface area (Å²) >= 11 is 6.34. The SMILES string of the molecule is COCCC(NC(=O)c1cc(Cl)cc(CN2C(=O)CC(C)(C(C)C)N=C2N)c1)c1ccccc1. The third-order valence-electron chi connectivity index (χ3n) is 6.38. The number of halogens is 1. The largest absolute Gasteiger partial charge is 0.385 e. The van der Waals surface area contributed by atoms with Crippen LogP contribution in [0, 0.1) is 5.92 Å². The molecule has 2 aromatic rings. The number of amides is 2. The average Bonchev–Trinajstić information content (AvgIpc) is 2.79. The van der Waals surface area contributed by atoms with E-state index in [-0.39, 0.29) is 42.7 Å². The first-order valence-electron chi connectivity index (χ1n) is 11.4. The third-order valence-corrected chi connectivity index (χ3v) is 6.60. The van der Waals surface area contributed by atoms with Crippen molar-refractivity contribution in [3.05, 3.63) is 70.2 Å². The highest BCUT2D eigenvalue weighted by Crippen LogP contribution is 2.30. The number of nitrogens with two attached hydrogens (primary N) is 1. The van der Waals surface area contributed by atoms with E-state index in [4.69, 9.17) is 22.1 Å². The Bertz CT molecular complexity index is 1060. The van der Waals surface area contributed by atoms with Crippen LogP contribution in [0.2, 0.25) is 5.02 Å². The zero-order valence-corrected chi connectivity index (χ0v) is 20.9. The van der Waals surface area contributed by atoms with Crippen molar-refractivity contribution >= 4 is 29.4 Å². The molecule has 3 N–H and O–H groups in total. The molecule has 3 rings (SSSR count). The van der Waals surface area contributed by atoms with Crippen molar-refractivity contribution in [2.45, 2.75) is 51.7 Å². The second-order valence-corrected chi connectivity index (χ2v) is 9.64. The molecule has 1 aliphatic rings. The van der Waals surface area contributed by atoms with Crippen LogP contribution in [0.15, 0.2) is 53.5 Å². The van der Waals surface area contributed by atoms with Crippen molar-refractivity contribution in [1.29, 1.82) is 0 Å². The number of aliphatic imine (C=N–C) groups is 1. The molecule has 34 heavy (non-hydrogen) atoms. The van der Waals surface area contributed by atoms with Gasteiger partial charge in [0.1, 0.15) is 0 Å². The summed E-state index contributed by atoms with van der Waals surface area (Å²) in [7, 11) is 1.63. The zero-order chi connectivity index (χ0) is 24.9. The first kappa shape index (κ1) is 25.7. The van der Waals surface area contributed by atoms with Crippen LogP contribution >= 0.6 is 11.6 Å². The highest BCUT2D eigenvalue weighted by molar-refractivity contribution is 6.31. The maximum absolute atomic E-state index is 13.1. The molecule has 0 spiro atoms. The summed E-state index contributed by atoms with van der Waals surface area (Å²) in [6, 6.07) is 14.6. The highest BCUT2D eigenvalue weighted by Gasteiger charge is 2.38. The number of carbonyl (C=O) groups is 2. The van der Waals surface area contributed by atoms with Gasteiger partial charge >= 0.3 is 0 Å². The summed E-state index contributed by atoms with van der Waals surface area (Å²) in [4.78, 5) is 32.1. The van der Waals surface area contributed by atoms with E-state index in [0.717, 1.165) is 5.56 Å². The second-order valence-electron chi connectivity index (χ2n) is 9.20. The number of benzene rings is 2. The minimum Gasteiger partial charge on any atom is -0.385 e. The standard InChI is InChI=1S/C26H33ClN4O3/c1-17(2)26(3)15-23(32)31(25(28)30-26)16-18-12-20(14-21(27)13-18)24(33)29-22(10-11-34-4)19-8-6-5-7-9-19/h5-9,12-14,17,22H,10-11,15-16H2,1-4H3,(H2,28,30)(H,29,33). The van der Waals surface area contributed by atoms with Crippen LogP contribution in [0.5, 0.6) is 0 Å². The summed E-state index contributed by atoms with van der Waals surface area (Å²) in [5.41, 5.74) is 7.75. The Labute approximate surface area is 206 Å². The maximum Gasteiger partial charge on any atom is 0.251 e. The monoisotopic (exact) mass is 484 g/mol. The number of nitrogens with one attached hydrogen (secondary N) is 1.